The van der Waals surface area contributed by atoms with E-state index in [1.807, 2.05) is 12.1 Å². The van der Waals surface area contributed by atoms with Gasteiger partial charge < -0.3 is 20.7 Å². The highest BCUT2D eigenvalue weighted by Gasteiger charge is 2.27. The van der Waals surface area contributed by atoms with Crippen LogP contribution in [0.3, 0.4) is 0 Å². The third-order valence-electron chi connectivity index (χ3n) is 4.22. The van der Waals surface area contributed by atoms with E-state index in [0.29, 0.717) is 56.4 Å². The van der Waals surface area contributed by atoms with Gasteiger partial charge in [-0.05, 0) is 31.4 Å². The van der Waals surface area contributed by atoms with Gasteiger partial charge in [0.15, 0.2) is 0 Å². The molecule has 138 valence electrons. The Hall–Kier alpha value is -1.79. The fourth-order valence-corrected chi connectivity index (χ4v) is 3.07. The molecule has 1 atom stereocenters. The molecule has 0 aliphatic carbocycles. The SMILES string of the molecule is NCCNC(=O)C1CCCN(C(=O)CCCOc2ccccc2Cl)C1. The zero-order valence-corrected chi connectivity index (χ0v) is 15.1. The minimum atomic E-state index is -0.136. The van der Waals surface area contributed by atoms with Gasteiger partial charge in [-0.25, -0.2) is 0 Å². The number of hydrogen-bond acceptors (Lipinski definition) is 4. The number of benzene rings is 1. The lowest BCUT2D eigenvalue weighted by molar-refractivity contribution is -0.135. The number of hydrogen-bond donors (Lipinski definition) is 2. The maximum Gasteiger partial charge on any atom is 0.224 e. The summed E-state index contributed by atoms with van der Waals surface area (Å²) in [4.78, 5) is 26.2. The Labute approximate surface area is 153 Å². The van der Waals surface area contributed by atoms with E-state index in [4.69, 9.17) is 22.1 Å². The number of ether oxygens (including phenoxy) is 1. The van der Waals surface area contributed by atoms with Gasteiger partial charge in [0, 0.05) is 32.6 Å². The van der Waals surface area contributed by atoms with E-state index < -0.39 is 0 Å². The zero-order chi connectivity index (χ0) is 18.1. The van der Waals surface area contributed by atoms with Crippen molar-refractivity contribution in [2.75, 3.05) is 32.8 Å². The average molecular weight is 368 g/mol. The van der Waals surface area contributed by atoms with E-state index in [0.717, 1.165) is 12.8 Å². The van der Waals surface area contributed by atoms with Crippen LogP contribution in [-0.4, -0.2) is 49.5 Å². The molecule has 1 aromatic rings. The van der Waals surface area contributed by atoms with Gasteiger partial charge >= 0.3 is 0 Å². The van der Waals surface area contributed by atoms with Gasteiger partial charge in [0.2, 0.25) is 11.8 Å². The number of likely N-dealkylation sites (tertiary alicyclic amines) is 1. The maximum absolute atomic E-state index is 12.4. The number of nitrogens with zero attached hydrogens (tertiary/aromatic N) is 1. The van der Waals surface area contributed by atoms with Crippen molar-refractivity contribution in [3.05, 3.63) is 29.3 Å². The number of piperidine rings is 1. The number of halogens is 1. The summed E-state index contributed by atoms with van der Waals surface area (Å²) in [5.41, 5.74) is 5.40. The fourth-order valence-electron chi connectivity index (χ4n) is 2.88. The Kier molecular flexibility index (Phi) is 8.01. The first-order valence-corrected chi connectivity index (χ1v) is 9.12. The summed E-state index contributed by atoms with van der Waals surface area (Å²) in [5.74, 6) is 0.555. The standard InChI is InChI=1S/C18H26ClN3O3/c19-15-6-1-2-7-16(15)25-12-4-8-17(23)22-11-3-5-14(13-22)18(24)21-10-9-20/h1-2,6-7,14H,3-5,8-13,20H2,(H,21,24). The first-order chi connectivity index (χ1) is 12.1. The topological polar surface area (TPSA) is 84.7 Å². The highest BCUT2D eigenvalue weighted by atomic mass is 35.5. The zero-order valence-electron chi connectivity index (χ0n) is 14.4. The molecule has 1 saturated heterocycles. The van der Waals surface area contributed by atoms with Crippen molar-refractivity contribution in [3.63, 3.8) is 0 Å². The summed E-state index contributed by atoms with van der Waals surface area (Å²) in [7, 11) is 0. The van der Waals surface area contributed by atoms with Crippen LogP contribution in [0.15, 0.2) is 24.3 Å². The van der Waals surface area contributed by atoms with Crippen LogP contribution >= 0.6 is 11.6 Å². The Morgan fingerprint density at radius 2 is 2.16 bits per heavy atom. The molecular formula is C18H26ClN3O3. The third kappa shape index (κ3) is 6.21. The molecule has 25 heavy (non-hydrogen) atoms. The van der Waals surface area contributed by atoms with E-state index in [-0.39, 0.29) is 17.7 Å². The van der Waals surface area contributed by atoms with Crippen LogP contribution in [-0.2, 0) is 9.59 Å². The van der Waals surface area contributed by atoms with E-state index >= 15 is 0 Å². The number of nitrogens with one attached hydrogen (secondary N) is 1. The molecule has 1 aliphatic rings. The molecule has 0 saturated carbocycles. The van der Waals surface area contributed by atoms with Gasteiger partial charge in [-0.3, -0.25) is 9.59 Å². The number of carbonyl (C=O) groups is 2. The van der Waals surface area contributed by atoms with Crippen molar-refractivity contribution in [3.8, 4) is 5.75 Å². The molecule has 0 spiro atoms. The van der Waals surface area contributed by atoms with Crippen LogP contribution in [0.25, 0.3) is 0 Å². The highest BCUT2D eigenvalue weighted by molar-refractivity contribution is 6.32. The highest BCUT2D eigenvalue weighted by Crippen LogP contribution is 2.23. The molecule has 2 amide bonds. The van der Waals surface area contributed by atoms with Crippen LogP contribution < -0.4 is 15.8 Å². The van der Waals surface area contributed by atoms with Gasteiger partial charge in [0.25, 0.3) is 0 Å². The van der Waals surface area contributed by atoms with Gasteiger partial charge in [0.1, 0.15) is 5.75 Å². The Balaban J connectivity index is 1.71. The lowest BCUT2D eigenvalue weighted by Gasteiger charge is -2.32. The quantitative estimate of drug-likeness (QED) is 0.686. The second kappa shape index (κ2) is 10.3. The third-order valence-corrected chi connectivity index (χ3v) is 4.53. The molecule has 1 heterocycles. The normalized spacial score (nSPS) is 17.2. The maximum atomic E-state index is 12.4. The van der Waals surface area contributed by atoms with E-state index in [1.165, 1.54) is 0 Å². The second-order valence-electron chi connectivity index (χ2n) is 6.14. The molecular weight excluding hydrogens is 342 g/mol. The number of rotatable bonds is 8. The van der Waals surface area contributed by atoms with Crippen molar-refractivity contribution in [1.82, 2.24) is 10.2 Å². The molecule has 1 aromatic carbocycles. The molecule has 0 bridgehead atoms. The Bertz CT molecular complexity index is 582. The van der Waals surface area contributed by atoms with Gasteiger partial charge in [-0.1, -0.05) is 23.7 Å². The minimum absolute atomic E-state index is 0.00926. The lowest BCUT2D eigenvalue weighted by Crippen LogP contribution is -2.46. The molecule has 0 aromatic heterocycles. The first-order valence-electron chi connectivity index (χ1n) is 8.74. The van der Waals surface area contributed by atoms with Crippen molar-refractivity contribution in [1.29, 1.82) is 0 Å². The van der Waals surface area contributed by atoms with E-state index in [9.17, 15) is 9.59 Å². The molecule has 7 heteroatoms. The second-order valence-corrected chi connectivity index (χ2v) is 6.55. The lowest BCUT2D eigenvalue weighted by atomic mass is 9.96. The van der Waals surface area contributed by atoms with Crippen molar-refractivity contribution in [2.24, 2.45) is 11.7 Å². The van der Waals surface area contributed by atoms with Gasteiger partial charge in [-0.2, -0.15) is 0 Å². The monoisotopic (exact) mass is 367 g/mol. The summed E-state index contributed by atoms with van der Waals surface area (Å²) < 4.78 is 5.60. The number of nitrogens with two attached hydrogens (primary N) is 1. The van der Waals surface area contributed by atoms with Crippen molar-refractivity contribution >= 4 is 23.4 Å². The number of carbonyl (C=O) groups excluding carboxylic acids is 2. The van der Waals surface area contributed by atoms with Gasteiger partial charge in [-0.15, -0.1) is 0 Å². The van der Waals surface area contributed by atoms with E-state index in [2.05, 4.69) is 5.32 Å². The van der Waals surface area contributed by atoms with Crippen LogP contribution in [0.5, 0.6) is 5.75 Å². The predicted molar refractivity (Wildman–Crippen MR) is 97.5 cm³/mol. The molecule has 0 radical (unpaired) electrons. The number of para-hydroxylation sites is 1. The Morgan fingerprint density at radius 3 is 2.92 bits per heavy atom. The van der Waals surface area contributed by atoms with Crippen LogP contribution in [0.1, 0.15) is 25.7 Å². The average Bonchev–Trinajstić information content (AvgIpc) is 2.64. The van der Waals surface area contributed by atoms with Crippen LogP contribution in [0, 0.1) is 5.92 Å². The minimum Gasteiger partial charge on any atom is -0.492 e. The Morgan fingerprint density at radius 1 is 1.36 bits per heavy atom. The summed E-state index contributed by atoms with van der Waals surface area (Å²) in [6.45, 7) is 2.53. The van der Waals surface area contributed by atoms with Crippen LogP contribution in [0.2, 0.25) is 5.02 Å². The summed E-state index contributed by atoms with van der Waals surface area (Å²) in [6, 6.07) is 7.27. The molecule has 1 aliphatic heterocycles. The van der Waals surface area contributed by atoms with Gasteiger partial charge in [0.05, 0.1) is 17.5 Å². The fraction of sp³-hybridized carbons (Fsp3) is 0.556. The van der Waals surface area contributed by atoms with Crippen molar-refractivity contribution < 1.29 is 14.3 Å². The first kappa shape index (κ1) is 19.5. The molecule has 1 fully saturated rings. The summed E-state index contributed by atoms with van der Waals surface area (Å²) in [5, 5.41) is 3.37. The molecule has 1 unspecified atom stereocenters. The summed E-state index contributed by atoms with van der Waals surface area (Å²) >= 11 is 6.02. The summed E-state index contributed by atoms with van der Waals surface area (Å²) in [6.07, 6.45) is 2.69. The molecule has 2 rings (SSSR count). The van der Waals surface area contributed by atoms with Crippen molar-refractivity contribution in [2.45, 2.75) is 25.7 Å². The molecule has 3 N–H and O–H groups in total. The smallest absolute Gasteiger partial charge is 0.224 e. The largest absolute Gasteiger partial charge is 0.492 e. The van der Waals surface area contributed by atoms with Crippen LogP contribution in [0.4, 0.5) is 0 Å². The molecule has 6 nitrogen and oxygen atoms in total. The predicted octanol–water partition coefficient (Wildman–Crippen LogP) is 1.81. The number of amides is 2. The van der Waals surface area contributed by atoms with E-state index in [1.54, 1.807) is 17.0 Å².